The summed E-state index contributed by atoms with van der Waals surface area (Å²) in [6.45, 7) is 1.79. The van der Waals surface area contributed by atoms with Gasteiger partial charge in [-0.1, -0.05) is 36.4 Å². The fourth-order valence-corrected chi connectivity index (χ4v) is 6.31. The molecule has 1 fully saturated rings. The standard InChI is InChI=1S/C28H31N3O6/c1-29-15-13-28-12-5-4-8-23(28)37-25-20(10-9-19(16-29)24(25)28)31(27(34)35)21-17-36-30(26(21)33)14-11-18-6-2-3-7-22(18)32/h2-3,5-7,9-10,12,21,23,32H,4,8,11,13-17H2,1H3,(H,34,35)/t21-,23-,28-/m0/s1. The number of hydrogen-bond donors (Lipinski definition) is 2. The fraction of sp³-hybridized carbons (Fsp3) is 0.429. The molecule has 194 valence electrons. The van der Waals surface area contributed by atoms with Crippen molar-refractivity contribution in [2.24, 2.45) is 0 Å². The van der Waals surface area contributed by atoms with Gasteiger partial charge in [0.1, 0.15) is 30.3 Å². The molecule has 2 amide bonds. The van der Waals surface area contributed by atoms with Crippen LogP contribution in [0.4, 0.5) is 10.5 Å². The van der Waals surface area contributed by atoms with Crippen molar-refractivity contribution in [3.8, 4) is 11.5 Å². The number of phenols is 1. The Morgan fingerprint density at radius 3 is 2.89 bits per heavy atom. The Bertz CT molecular complexity index is 1280. The van der Waals surface area contributed by atoms with E-state index in [9.17, 15) is 19.8 Å². The highest BCUT2D eigenvalue weighted by molar-refractivity contribution is 5.99. The average Bonchev–Trinajstić information content (AvgIpc) is 3.37. The number of hydroxylamine groups is 2. The van der Waals surface area contributed by atoms with E-state index in [1.165, 1.54) is 5.06 Å². The lowest BCUT2D eigenvalue weighted by Gasteiger charge is -2.34. The van der Waals surface area contributed by atoms with E-state index in [1.807, 2.05) is 12.1 Å². The number of hydrogen-bond acceptors (Lipinski definition) is 6. The number of phenolic OH excluding ortho intramolecular Hbond substituents is 1. The Kier molecular flexibility index (Phi) is 5.84. The number of rotatable bonds is 5. The minimum atomic E-state index is -1.23. The summed E-state index contributed by atoms with van der Waals surface area (Å²) in [4.78, 5) is 35.0. The topological polar surface area (TPSA) is 103 Å². The normalized spacial score (nSPS) is 26.4. The first kappa shape index (κ1) is 23.8. The van der Waals surface area contributed by atoms with E-state index >= 15 is 0 Å². The van der Waals surface area contributed by atoms with Gasteiger partial charge >= 0.3 is 6.09 Å². The van der Waals surface area contributed by atoms with Gasteiger partial charge in [0, 0.05) is 12.1 Å². The number of carbonyl (C=O) groups is 2. The largest absolute Gasteiger partial charge is 0.508 e. The molecule has 9 nitrogen and oxygen atoms in total. The van der Waals surface area contributed by atoms with Crippen LogP contribution in [0.1, 0.15) is 36.0 Å². The Morgan fingerprint density at radius 2 is 2.08 bits per heavy atom. The molecule has 1 aliphatic carbocycles. The summed E-state index contributed by atoms with van der Waals surface area (Å²) in [6.07, 6.45) is 6.26. The van der Waals surface area contributed by atoms with E-state index in [0.29, 0.717) is 23.4 Å². The molecule has 3 aliphatic heterocycles. The second kappa shape index (κ2) is 9.08. The van der Waals surface area contributed by atoms with Gasteiger partial charge in [-0.2, -0.15) is 0 Å². The zero-order valence-corrected chi connectivity index (χ0v) is 20.8. The Balaban J connectivity index is 1.33. The maximum atomic E-state index is 13.4. The van der Waals surface area contributed by atoms with Crippen LogP contribution in [0.2, 0.25) is 0 Å². The summed E-state index contributed by atoms with van der Waals surface area (Å²) < 4.78 is 6.55. The summed E-state index contributed by atoms with van der Waals surface area (Å²) in [5.41, 5.74) is 2.99. The quantitative estimate of drug-likeness (QED) is 0.600. The number of nitrogens with zero attached hydrogens (tertiary/aromatic N) is 3. The van der Waals surface area contributed by atoms with Gasteiger partial charge in [-0.25, -0.2) is 9.86 Å². The number of aromatic hydroxyl groups is 1. The van der Waals surface area contributed by atoms with Crippen molar-refractivity contribution in [3.63, 3.8) is 0 Å². The van der Waals surface area contributed by atoms with Crippen molar-refractivity contribution in [2.75, 3.05) is 31.6 Å². The van der Waals surface area contributed by atoms with Crippen LogP contribution in [0.15, 0.2) is 48.6 Å². The number of carboxylic acid groups (broad SMARTS) is 1. The summed E-state index contributed by atoms with van der Waals surface area (Å²) in [5, 5.41) is 21.6. The maximum Gasteiger partial charge on any atom is 0.412 e. The number of amides is 2. The molecule has 3 heterocycles. The molecule has 0 radical (unpaired) electrons. The van der Waals surface area contributed by atoms with Crippen molar-refractivity contribution < 1.29 is 29.4 Å². The number of ether oxygens (including phenoxy) is 1. The Labute approximate surface area is 215 Å². The number of anilines is 1. The lowest BCUT2D eigenvalue weighted by atomic mass is 9.69. The molecule has 0 bridgehead atoms. The average molecular weight is 506 g/mol. The molecule has 6 rings (SSSR count). The summed E-state index contributed by atoms with van der Waals surface area (Å²) in [6, 6.07) is 9.66. The highest BCUT2D eigenvalue weighted by Crippen LogP contribution is 2.56. The molecular weight excluding hydrogens is 474 g/mol. The molecule has 37 heavy (non-hydrogen) atoms. The molecule has 0 saturated carbocycles. The van der Waals surface area contributed by atoms with Crippen LogP contribution in [0.3, 0.4) is 0 Å². The maximum absolute atomic E-state index is 13.4. The van der Waals surface area contributed by atoms with Crippen LogP contribution >= 0.6 is 0 Å². The molecule has 2 aromatic rings. The van der Waals surface area contributed by atoms with E-state index in [4.69, 9.17) is 9.57 Å². The van der Waals surface area contributed by atoms with Gasteiger partial charge in [-0.3, -0.25) is 14.5 Å². The third-order valence-electron chi connectivity index (χ3n) is 8.15. The van der Waals surface area contributed by atoms with Crippen molar-refractivity contribution >= 4 is 17.7 Å². The summed E-state index contributed by atoms with van der Waals surface area (Å²) in [5.74, 6) is 0.301. The van der Waals surface area contributed by atoms with Crippen LogP contribution < -0.4 is 9.64 Å². The summed E-state index contributed by atoms with van der Waals surface area (Å²) in [7, 11) is 2.10. The van der Waals surface area contributed by atoms with E-state index in [1.54, 1.807) is 24.3 Å². The van der Waals surface area contributed by atoms with Crippen molar-refractivity contribution in [3.05, 3.63) is 65.2 Å². The van der Waals surface area contributed by atoms with Gasteiger partial charge in [-0.05, 0) is 62.5 Å². The third-order valence-corrected chi connectivity index (χ3v) is 8.15. The number of para-hydroxylation sites is 1. The SMILES string of the molecule is CN1CC[C@@]23C=CCC[C@@H]2Oc2c(N(C(=O)O)[C@H]4CON(CCc5ccccc5O)C4=O)ccc(c23)C1. The van der Waals surface area contributed by atoms with E-state index in [2.05, 4.69) is 24.1 Å². The van der Waals surface area contributed by atoms with Crippen LogP contribution in [0, 0.1) is 0 Å². The molecule has 1 spiro atoms. The van der Waals surface area contributed by atoms with Crippen LogP contribution in [0.5, 0.6) is 11.5 Å². The predicted molar refractivity (Wildman–Crippen MR) is 136 cm³/mol. The van der Waals surface area contributed by atoms with Crippen LogP contribution in [0.25, 0.3) is 0 Å². The van der Waals surface area contributed by atoms with Crippen molar-refractivity contribution in [1.29, 1.82) is 0 Å². The van der Waals surface area contributed by atoms with Gasteiger partial charge < -0.3 is 19.8 Å². The molecule has 1 saturated heterocycles. The van der Waals surface area contributed by atoms with Gasteiger partial charge in [0.05, 0.1) is 17.6 Å². The minimum Gasteiger partial charge on any atom is -0.508 e. The molecule has 4 aliphatic rings. The van der Waals surface area contributed by atoms with Gasteiger partial charge in [-0.15, -0.1) is 0 Å². The van der Waals surface area contributed by atoms with Crippen molar-refractivity contribution in [2.45, 2.75) is 49.8 Å². The first-order valence-corrected chi connectivity index (χ1v) is 12.8. The zero-order chi connectivity index (χ0) is 25.7. The van der Waals surface area contributed by atoms with Crippen LogP contribution in [-0.2, 0) is 28.0 Å². The van der Waals surface area contributed by atoms with Gasteiger partial charge in [0.15, 0.2) is 0 Å². The van der Waals surface area contributed by atoms with Crippen molar-refractivity contribution in [1.82, 2.24) is 9.96 Å². The first-order valence-electron chi connectivity index (χ1n) is 12.8. The highest BCUT2D eigenvalue weighted by atomic mass is 16.7. The number of allylic oxidation sites excluding steroid dienone is 1. The highest BCUT2D eigenvalue weighted by Gasteiger charge is 2.52. The minimum absolute atomic E-state index is 0.0554. The van der Waals surface area contributed by atoms with Gasteiger partial charge in [0.25, 0.3) is 5.91 Å². The monoisotopic (exact) mass is 505 g/mol. The summed E-state index contributed by atoms with van der Waals surface area (Å²) >= 11 is 0. The number of carbonyl (C=O) groups excluding carboxylic acids is 1. The zero-order valence-electron chi connectivity index (χ0n) is 20.8. The molecule has 2 aromatic carbocycles. The van der Waals surface area contributed by atoms with Crippen LogP contribution in [-0.4, -0.2) is 71.1 Å². The Hall–Kier alpha value is -3.56. The fourth-order valence-electron chi connectivity index (χ4n) is 6.31. The second-order valence-corrected chi connectivity index (χ2v) is 10.3. The van der Waals surface area contributed by atoms with Gasteiger partial charge in [0.2, 0.25) is 0 Å². The molecule has 9 heteroatoms. The second-order valence-electron chi connectivity index (χ2n) is 10.3. The Morgan fingerprint density at radius 1 is 1.24 bits per heavy atom. The predicted octanol–water partition coefficient (Wildman–Crippen LogP) is 3.45. The molecule has 3 atom stereocenters. The molecule has 0 aromatic heterocycles. The third kappa shape index (κ3) is 3.84. The lowest BCUT2D eigenvalue weighted by Crippen LogP contribution is -2.46. The van der Waals surface area contributed by atoms with E-state index in [0.717, 1.165) is 48.4 Å². The first-order chi connectivity index (χ1) is 17.9. The molecule has 2 N–H and O–H groups in total. The smallest absolute Gasteiger partial charge is 0.412 e. The number of benzene rings is 2. The molecule has 0 unspecified atom stereocenters. The molecular formula is C28H31N3O6. The lowest BCUT2D eigenvalue weighted by molar-refractivity contribution is -0.161. The van der Waals surface area contributed by atoms with E-state index in [-0.39, 0.29) is 30.4 Å². The van der Waals surface area contributed by atoms with E-state index < -0.39 is 18.0 Å².